The second kappa shape index (κ2) is 6.83. The first-order chi connectivity index (χ1) is 9.36. The molecule has 20 heavy (non-hydrogen) atoms. The first-order valence-electron chi connectivity index (χ1n) is 6.95. The maximum atomic E-state index is 12.5. The molecule has 0 aliphatic carbocycles. The number of carbonyl (C=O) groups excluding carboxylic acids is 3. The van der Waals surface area contributed by atoms with E-state index in [1.807, 2.05) is 4.90 Å². The molecule has 0 spiro atoms. The average Bonchev–Trinajstić information content (AvgIpc) is 2.37. The number of esters is 2. The van der Waals surface area contributed by atoms with Crippen LogP contribution in [0.1, 0.15) is 27.7 Å². The molecule has 1 fully saturated rings. The molecule has 1 heterocycles. The third-order valence-corrected chi connectivity index (χ3v) is 3.94. The molecule has 0 aromatic heterocycles. The van der Waals surface area contributed by atoms with Gasteiger partial charge in [0.2, 0.25) is 0 Å². The van der Waals surface area contributed by atoms with Crippen LogP contribution in [0.15, 0.2) is 0 Å². The Bertz CT molecular complexity index is 361. The number of ether oxygens (including phenoxy) is 2. The van der Waals surface area contributed by atoms with Crippen LogP contribution in [0.5, 0.6) is 0 Å². The molecule has 1 aliphatic rings. The lowest BCUT2D eigenvalue weighted by Crippen LogP contribution is -2.60. The molecule has 6 nitrogen and oxygen atoms in total. The number of nitrogens with zero attached hydrogens (tertiary/aromatic N) is 1. The van der Waals surface area contributed by atoms with Gasteiger partial charge in [0, 0.05) is 12.1 Å². The minimum atomic E-state index is -0.939. The van der Waals surface area contributed by atoms with E-state index in [-0.39, 0.29) is 25.3 Å². The van der Waals surface area contributed by atoms with Gasteiger partial charge in [-0.2, -0.15) is 0 Å². The smallest absolute Gasteiger partial charge is 0.318 e. The first kappa shape index (κ1) is 16.6. The molecule has 1 aliphatic heterocycles. The lowest BCUT2D eigenvalue weighted by Gasteiger charge is -2.42. The van der Waals surface area contributed by atoms with Gasteiger partial charge in [-0.3, -0.25) is 19.3 Å². The van der Waals surface area contributed by atoms with Crippen molar-refractivity contribution in [3.05, 3.63) is 0 Å². The van der Waals surface area contributed by atoms with Gasteiger partial charge in [0.25, 0.3) is 0 Å². The topological polar surface area (TPSA) is 72.9 Å². The summed E-state index contributed by atoms with van der Waals surface area (Å²) in [6.45, 7) is 7.36. The summed E-state index contributed by atoms with van der Waals surface area (Å²) in [6, 6.07) is -0.607. The van der Waals surface area contributed by atoms with Crippen molar-refractivity contribution in [3.63, 3.8) is 0 Å². The summed E-state index contributed by atoms with van der Waals surface area (Å²) < 4.78 is 9.91. The molecule has 4 unspecified atom stereocenters. The van der Waals surface area contributed by atoms with Crippen molar-refractivity contribution < 1.29 is 23.9 Å². The van der Waals surface area contributed by atoms with E-state index >= 15 is 0 Å². The molecular formula is C14H23NO5. The van der Waals surface area contributed by atoms with Gasteiger partial charge in [-0.25, -0.2) is 0 Å². The highest BCUT2D eigenvalue weighted by Crippen LogP contribution is 2.30. The van der Waals surface area contributed by atoms with E-state index in [4.69, 9.17) is 9.47 Å². The zero-order valence-corrected chi connectivity index (χ0v) is 12.7. The van der Waals surface area contributed by atoms with Crippen molar-refractivity contribution in [2.45, 2.75) is 39.8 Å². The van der Waals surface area contributed by atoms with Crippen LogP contribution in [0, 0.1) is 11.8 Å². The highest BCUT2D eigenvalue weighted by Gasteiger charge is 2.51. The van der Waals surface area contributed by atoms with Crippen LogP contribution < -0.4 is 0 Å². The number of rotatable bonds is 4. The highest BCUT2D eigenvalue weighted by atomic mass is 16.5. The Kier molecular flexibility index (Phi) is 5.68. The number of hydrogen-bond donors (Lipinski definition) is 0. The second-order valence-electron chi connectivity index (χ2n) is 5.01. The van der Waals surface area contributed by atoms with Crippen LogP contribution in [-0.4, -0.2) is 55.0 Å². The predicted molar refractivity (Wildman–Crippen MR) is 71.9 cm³/mol. The highest BCUT2D eigenvalue weighted by molar-refractivity contribution is 6.10. The maximum absolute atomic E-state index is 12.5. The van der Waals surface area contributed by atoms with Gasteiger partial charge >= 0.3 is 11.9 Å². The molecule has 6 heteroatoms. The van der Waals surface area contributed by atoms with Crippen molar-refractivity contribution in [2.75, 3.05) is 20.3 Å². The van der Waals surface area contributed by atoms with Crippen molar-refractivity contribution in [3.8, 4) is 0 Å². The largest absolute Gasteiger partial charge is 0.465 e. The summed E-state index contributed by atoms with van der Waals surface area (Å²) in [7, 11) is 1.79. The molecule has 1 saturated heterocycles. The van der Waals surface area contributed by atoms with Gasteiger partial charge in [0.1, 0.15) is 11.8 Å². The fourth-order valence-electron chi connectivity index (χ4n) is 2.60. The summed E-state index contributed by atoms with van der Waals surface area (Å²) in [5.74, 6) is -3.42. The van der Waals surface area contributed by atoms with E-state index in [1.54, 1.807) is 34.7 Å². The minimum absolute atomic E-state index is 0.207. The lowest BCUT2D eigenvalue weighted by atomic mass is 9.78. The van der Waals surface area contributed by atoms with Crippen LogP contribution in [0.4, 0.5) is 0 Å². The molecular weight excluding hydrogens is 262 g/mol. The predicted octanol–water partition coefficient (Wildman–Crippen LogP) is 0.637. The molecule has 114 valence electrons. The van der Waals surface area contributed by atoms with Gasteiger partial charge in [0.15, 0.2) is 5.78 Å². The van der Waals surface area contributed by atoms with Crippen LogP contribution in [0.3, 0.4) is 0 Å². The Morgan fingerprint density at radius 3 is 1.65 bits per heavy atom. The van der Waals surface area contributed by atoms with Crippen molar-refractivity contribution in [1.29, 1.82) is 0 Å². The summed E-state index contributed by atoms with van der Waals surface area (Å²) in [5.41, 5.74) is 0. The number of hydrogen-bond acceptors (Lipinski definition) is 6. The lowest BCUT2D eigenvalue weighted by molar-refractivity contribution is -0.167. The molecule has 4 atom stereocenters. The Hall–Kier alpha value is -1.43. The maximum Gasteiger partial charge on any atom is 0.318 e. The van der Waals surface area contributed by atoms with Crippen molar-refractivity contribution in [2.24, 2.45) is 11.8 Å². The van der Waals surface area contributed by atoms with Gasteiger partial charge in [-0.05, 0) is 34.7 Å². The van der Waals surface area contributed by atoms with E-state index in [1.165, 1.54) is 0 Å². The third kappa shape index (κ3) is 3.00. The summed E-state index contributed by atoms with van der Waals surface area (Å²) in [4.78, 5) is 38.3. The third-order valence-electron chi connectivity index (χ3n) is 3.94. The number of piperidine rings is 1. The molecule has 0 N–H and O–H groups in total. The fourth-order valence-corrected chi connectivity index (χ4v) is 2.60. The van der Waals surface area contributed by atoms with E-state index in [0.717, 1.165) is 0 Å². The summed E-state index contributed by atoms with van der Waals surface area (Å²) in [5, 5.41) is 0. The van der Waals surface area contributed by atoms with E-state index in [9.17, 15) is 14.4 Å². The quantitative estimate of drug-likeness (QED) is 0.557. The zero-order chi connectivity index (χ0) is 15.4. The van der Waals surface area contributed by atoms with Gasteiger partial charge in [0.05, 0.1) is 13.2 Å². The van der Waals surface area contributed by atoms with E-state index < -0.39 is 29.6 Å². The Morgan fingerprint density at radius 1 is 1.00 bits per heavy atom. The Balaban J connectivity index is 3.05. The van der Waals surface area contributed by atoms with Gasteiger partial charge in [-0.1, -0.05) is 0 Å². The van der Waals surface area contributed by atoms with E-state index in [0.29, 0.717) is 0 Å². The number of likely N-dealkylation sites (tertiary alicyclic amines) is 1. The fraction of sp³-hybridized carbons (Fsp3) is 0.786. The van der Waals surface area contributed by atoms with Crippen LogP contribution in [0.2, 0.25) is 0 Å². The van der Waals surface area contributed by atoms with Crippen LogP contribution in [0.25, 0.3) is 0 Å². The number of Topliss-reactive ketones (excluding diaryl/α,β-unsaturated/α-hetero) is 1. The zero-order valence-electron chi connectivity index (χ0n) is 12.7. The molecule has 1 rings (SSSR count). The van der Waals surface area contributed by atoms with Crippen molar-refractivity contribution in [1.82, 2.24) is 4.90 Å². The molecule has 0 aromatic rings. The summed E-state index contributed by atoms with van der Waals surface area (Å²) >= 11 is 0. The summed E-state index contributed by atoms with van der Waals surface area (Å²) in [6.07, 6.45) is 0. The monoisotopic (exact) mass is 285 g/mol. The van der Waals surface area contributed by atoms with Crippen LogP contribution >= 0.6 is 0 Å². The molecule has 0 bridgehead atoms. The van der Waals surface area contributed by atoms with Crippen molar-refractivity contribution >= 4 is 17.7 Å². The van der Waals surface area contributed by atoms with Gasteiger partial charge < -0.3 is 9.47 Å². The van der Waals surface area contributed by atoms with Crippen LogP contribution in [-0.2, 0) is 23.9 Å². The normalized spacial score (nSPS) is 30.9. The molecule has 0 saturated carbocycles. The molecule has 0 radical (unpaired) electrons. The standard InChI is InChI=1S/C14H23NO5/c1-6-19-13(17)10-8(3)15(5)9(4)11(12(10)16)14(18)20-7-2/h8-11H,6-7H2,1-5H3. The van der Waals surface area contributed by atoms with E-state index in [2.05, 4.69) is 0 Å². The average molecular weight is 285 g/mol. The van der Waals surface area contributed by atoms with Gasteiger partial charge in [-0.15, -0.1) is 0 Å². The molecule has 0 aromatic carbocycles. The Morgan fingerprint density at radius 2 is 1.35 bits per heavy atom. The number of ketones is 1. The molecule has 0 amide bonds. The SMILES string of the molecule is CCOC(=O)C1C(=O)C(C(=O)OCC)C(C)N(C)C1C. The number of carbonyl (C=O) groups is 3. The first-order valence-corrected chi connectivity index (χ1v) is 6.95. The second-order valence-corrected chi connectivity index (χ2v) is 5.01. The minimum Gasteiger partial charge on any atom is -0.465 e. The Labute approximate surface area is 119 Å².